The minimum absolute atomic E-state index is 0.0767. The van der Waals surface area contributed by atoms with Crippen LogP contribution in [0.4, 0.5) is 10.1 Å². The monoisotopic (exact) mass is 290 g/mol. The average molecular weight is 290 g/mol. The topological polar surface area (TPSA) is 72.6 Å². The van der Waals surface area contributed by atoms with E-state index < -0.39 is 15.8 Å². The number of nitrogen functional groups attached to an aromatic ring is 1. The zero-order valence-electron chi connectivity index (χ0n) is 11.3. The lowest BCUT2D eigenvalue weighted by atomic mass is 10.2. The highest BCUT2D eigenvalue weighted by Gasteiger charge is 2.24. The summed E-state index contributed by atoms with van der Waals surface area (Å²) in [6.07, 6.45) is 0.566. The maximum absolute atomic E-state index is 13.6. The van der Waals surface area contributed by atoms with Gasteiger partial charge in [0.2, 0.25) is 10.0 Å². The molecule has 0 radical (unpaired) electrons. The number of anilines is 1. The molecule has 0 spiro atoms. The minimum Gasteiger partial charge on any atom is -0.399 e. The number of nitrogens with two attached hydrogens (primary N) is 1. The fourth-order valence-corrected chi connectivity index (χ4v) is 3.14. The van der Waals surface area contributed by atoms with Crippen molar-refractivity contribution in [1.29, 1.82) is 0 Å². The molecular formula is C12H19FN2O3S. The number of sulfonamides is 1. The number of benzene rings is 1. The van der Waals surface area contributed by atoms with Crippen LogP contribution in [0, 0.1) is 12.7 Å². The molecule has 0 atom stereocenters. The molecule has 0 saturated carbocycles. The summed E-state index contributed by atoms with van der Waals surface area (Å²) in [6, 6.07) is 2.39. The third kappa shape index (κ3) is 3.65. The molecule has 0 aliphatic carbocycles. The molecule has 2 N–H and O–H groups in total. The Morgan fingerprint density at radius 2 is 2.05 bits per heavy atom. The predicted octanol–water partition coefficient (Wildman–Crippen LogP) is 1.37. The number of ether oxygens (including phenoxy) is 1. The van der Waals surface area contributed by atoms with Crippen LogP contribution in [0.15, 0.2) is 17.0 Å². The number of methoxy groups -OCH3 is 1. The van der Waals surface area contributed by atoms with Gasteiger partial charge in [-0.2, -0.15) is 0 Å². The van der Waals surface area contributed by atoms with E-state index in [2.05, 4.69) is 0 Å². The molecule has 0 saturated heterocycles. The molecule has 0 heterocycles. The fraction of sp³-hybridized carbons (Fsp3) is 0.500. The van der Waals surface area contributed by atoms with E-state index in [1.165, 1.54) is 24.3 Å². The van der Waals surface area contributed by atoms with Crippen molar-refractivity contribution >= 4 is 15.7 Å². The van der Waals surface area contributed by atoms with Crippen molar-refractivity contribution in [2.75, 3.05) is 33.0 Å². The Morgan fingerprint density at radius 3 is 2.63 bits per heavy atom. The van der Waals surface area contributed by atoms with Gasteiger partial charge >= 0.3 is 0 Å². The lowest BCUT2D eigenvalue weighted by Crippen LogP contribution is -2.29. The second-order valence-electron chi connectivity index (χ2n) is 4.30. The van der Waals surface area contributed by atoms with Crippen LogP contribution in [0.1, 0.15) is 12.0 Å². The van der Waals surface area contributed by atoms with Gasteiger partial charge in [-0.05, 0) is 25.5 Å². The highest BCUT2D eigenvalue weighted by molar-refractivity contribution is 7.89. The normalized spacial score (nSPS) is 12.1. The molecule has 1 rings (SSSR count). The third-order valence-corrected chi connectivity index (χ3v) is 4.81. The van der Waals surface area contributed by atoms with Crippen LogP contribution in [-0.4, -0.2) is 40.0 Å². The molecule has 7 heteroatoms. The Bertz CT molecular complexity index is 546. The summed E-state index contributed by atoms with van der Waals surface area (Å²) < 4.78 is 44.2. The highest BCUT2D eigenvalue weighted by atomic mass is 32.2. The number of halogens is 1. The predicted molar refractivity (Wildman–Crippen MR) is 71.9 cm³/mol. The largest absolute Gasteiger partial charge is 0.399 e. The second kappa shape index (κ2) is 6.31. The molecule has 0 fully saturated rings. The van der Waals surface area contributed by atoms with Crippen LogP contribution in [0.25, 0.3) is 0 Å². The quantitative estimate of drug-likeness (QED) is 0.634. The van der Waals surface area contributed by atoms with Gasteiger partial charge < -0.3 is 10.5 Å². The number of rotatable bonds is 6. The Kier molecular flexibility index (Phi) is 5.28. The smallest absolute Gasteiger partial charge is 0.243 e. The summed E-state index contributed by atoms with van der Waals surface area (Å²) in [4.78, 5) is -0.0927. The van der Waals surface area contributed by atoms with Crippen molar-refractivity contribution in [1.82, 2.24) is 4.31 Å². The highest BCUT2D eigenvalue weighted by Crippen LogP contribution is 2.24. The average Bonchev–Trinajstić information content (AvgIpc) is 2.33. The Labute approximate surface area is 113 Å². The first-order chi connectivity index (χ1) is 8.80. The molecule has 0 bridgehead atoms. The molecule has 108 valence electrons. The van der Waals surface area contributed by atoms with Crippen molar-refractivity contribution < 1.29 is 17.5 Å². The van der Waals surface area contributed by atoms with Gasteiger partial charge in [-0.3, -0.25) is 0 Å². The summed E-state index contributed by atoms with van der Waals surface area (Å²) in [5.41, 5.74) is 5.67. The van der Waals surface area contributed by atoms with Crippen LogP contribution < -0.4 is 5.73 Å². The van der Waals surface area contributed by atoms with E-state index in [0.29, 0.717) is 19.6 Å². The van der Waals surface area contributed by atoms with Crippen LogP contribution in [0.5, 0.6) is 0 Å². The van der Waals surface area contributed by atoms with Crippen molar-refractivity contribution in [2.24, 2.45) is 0 Å². The Morgan fingerprint density at radius 1 is 1.42 bits per heavy atom. The summed E-state index contributed by atoms with van der Waals surface area (Å²) >= 11 is 0. The molecule has 0 amide bonds. The standard InChI is InChI=1S/C12H19FN2O3S/c1-9-11(13)7-10(14)8-12(9)19(16,17)15(2)5-4-6-18-3/h7-8H,4-6,14H2,1-3H3. The van der Waals surface area contributed by atoms with Crippen LogP contribution >= 0.6 is 0 Å². The number of nitrogens with zero attached hydrogens (tertiary/aromatic N) is 1. The van der Waals surface area contributed by atoms with E-state index in [4.69, 9.17) is 10.5 Å². The summed E-state index contributed by atoms with van der Waals surface area (Å²) in [5, 5.41) is 0. The van der Waals surface area contributed by atoms with Gasteiger partial charge in [0.25, 0.3) is 0 Å². The van der Waals surface area contributed by atoms with E-state index in [0.717, 1.165) is 6.07 Å². The van der Waals surface area contributed by atoms with E-state index in [1.807, 2.05) is 0 Å². The zero-order chi connectivity index (χ0) is 14.6. The number of hydrogen-bond donors (Lipinski definition) is 1. The molecular weight excluding hydrogens is 271 g/mol. The van der Waals surface area contributed by atoms with Gasteiger partial charge in [0.05, 0.1) is 4.90 Å². The first-order valence-corrected chi connectivity index (χ1v) is 7.25. The summed E-state index contributed by atoms with van der Waals surface area (Å²) in [7, 11) is -0.740. The minimum atomic E-state index is -3.74. The van der Waals surface area contributed by atoms with E-state index >= 15 is 0 Å². The third-order valence-electron chi connectivity index (χ3n) is 2.83. The van der Waals surface area contributed by atoms with Gasteiger partial charge in [0.1, 0.15) is 5.82 Å². The van der Waals surface area contributed by atoms with E-state index in [-0.39, 0.29) is 16.1 Å². The van der Waals surface area contributed by atoms with Gasteiger partial charge in [-0.1, -0.05) is 0 Å². The maximum Gasteiger partial charge on any atom is 0.243 e. The van der Waals surface area contributed by atoms with E-state index in [9.17, 15) is 12.8 Å². The van der Waals surface area contributed by atoms with Crippen molar-refractivity contribution in [3.63, 3.8) is 0 Å². The molecule has 5 nitrogen and oxygen atoms in total. The Hall–Kier alpha value is -1.18. The number of hydrogen-bond acceptors (Lipinski definition) is 4. The second-order valence-corrected chi connectivity index (χ2v) is 6.31. The maximum atomic E-state index is 13.6. The van der Waals surface area contributed by atoms with Crippen molar-refractivity contribution in [3.8, 4) is 0 Å². The van der Waals surface area contributed by atoms with Gasteiger partial charge in [-0.15, -0.1) is 0 Å². The summed E-state index contributed by atoms with van der Waals surface area (Å²) in [5.74, 6) is -0.621. The van der Waals surface area contributed by atoms with Crippen LogP contribution in [-0.2, 0) is 14.8 Å². The van der Waals surface area contributed by atoms with Crippen molar-refractivity contribution in [2.45, 2.75) is 18.2 Å². The first-order valence-electron chi connectivity index (χ1n) is 5.81. The van der Waals surface area contributed by atoms with Crippen molar-refractivity contribution in [3.05, 3.63) is 23.5 Å². The molecule has 0 unspecified atom stereocenters. The van der Waals surface area contributed by atoms with Crippen LogP contribution in [0.2, 0.25) is 0 Å². The van der Waals surface area contributed by atoms with Gasteiger partial charge in [0, 0.05) is 38.6 Å². The molecule has 0 aliphatic rings. The summed E-state index contributed by atoms with van der Waals surface area (Å²) in [6.45, 7) is 2.18. The zero-order valence-corrected chi connectivity index (χ0v) is 12.1. The fourth-order valence-electron chi connectivity index (χ4n) is 1.66. The molecule has 1 aromatic rings. The molecule has 1 aromatic carbocycles. The van der Waals surface area contributed by atoms with Gasteiger partial charge in [-0.25, -0.2) is 17.1 Å². The molecule has 0 aromatic heterocycles. The Balaban J connectivity index is 3.06. The first kappa shape index (κ1) is 15.9. The SMILES string of the molecule is COCCCN(C)S(=O)(=O)c1cc(N)cc(F)c1C. The molecule has 0 aliphatic heterocycles. The lowest BCUT2D eigenvalue weighted by Gasteiger charge is -2.19. The molecule has 19 heavy (non-hydrogen) atoms. The lowest BCUT2D eigenvalue weighted by molar-refractivity contribution is 0.189. The van der Waals surface area contributed by atoms with Crippen LogP contribution in [0.3, 0.4) is 0 Å². The van der Waals surface area contributed by atoms with E-state index in [1.54, 1.807) is 7.11 Å². The van der Waals surface area contributed by atoms with Gasteiger partial charge in [0.15, 0.2) is 0 Å².